The molecule has 1 atom stereocenters. The molecule has 0 aromatic heterocycles. The van der Waals surface area contributed by atoms with Gasteiger partial charge in [0.25, 0.3) is 10.1 Å². The zero-order valence-corrected chi connectivity index (χ0v) is 11.9. The molecular weight excluding hydrogens is 300 g/mol. The summed E-state index contributed by atoms with van der Waals surface area (Å²) in [5.41, 5.74) is -1.08. The Bertz CT molecular complexity index is 392. The normalized spacial score (nSPS) is 15.8. The number of ether oxygens (including phenoxy) is 1. The SMILES string of the molecule is COC(=O)C(C(C)(C)/C=C(\C)Br)S(=O)(=O)O. The molecular formula is C9H15BrO5S. The van der Waals surface area contributed by atoms with E-state index in [0.717, 1.165) is 7.11 Å². The average molecular weight is 315 g/mol. The number of halogens is 1. The molecule has 0 amide bonds. The number of carbonyl (C=O) groups is 1. The quantitative estimate of drug-likeness (QED) is 0.631. The number of hydrogen-bond acceptors (Lipinski definition) is 4. The molecule has 0 aromatic rings. The molecule has 0 saturated heterocycles. The van der Waals surface area contributed by atoms with Gasteiger partial charge in [-0.2, -0.15) is 8.42 Å². The van der Waals surface area contributed by atoms with Gasteiger partial charge in [-0.05, 0) is 11.4 Å². The van der Waals surface area contributed by atoms with E-state index in [1.165, 1.54) is 19.9 Å². The Balaban J connectivity index is 5.54. The Hall–Kier alpha value is -0.400. The highest BCUT2D eigenvalue weighted by molar-refractivity contribution is 9.11. The summed E-state index contributed by atoms with van der Waals surface area (Å²) in [6.45, 7) is 4.74. The Labute approximate surface area is 104 Å². The molecule has 0 aromatic carbocycles. The zero-order valence-electron chi connectivity index (χ0n) is 9.52. The highest BCUT2D eigenvalue weighted by atomic mass is 79.9. The molecule has 0 aliphatic carbocycles. The first kappa shape index (κ1) is 15.6. The van der Waals surface area contributed by atoms with E-state index in [1.807, 2.05) is 0 Å². The van der Waals surface area contributed by atoms with Crippen LogP contribution >= 0.6 is 15.9 Å². The fraction of sp³-hybridized carbons (Fsp3) is 0.667. The fourth-order valence-electron chi connectivity index (χ4n) is 1.50. The standard InChI is InChI=1S/C9H15BrO5S/c1-6(10)5-9(2,3)7(8(11)15-4)16(12,13)14/h5,7H,1-4H3,(H,12,13,14)/b6-5+. The van der Waals surface area contributed by atoms with Gasteiger partial charge in [-0.15, -0.1) is 0 Å². The smallest absolute Gasteiger partial charge is 0.327 e. The molecule has 0 fully saturated rings. The maximum atomic E-state index is 11.4. The Morgan fingerprint density at radius 1 is 1.50 bits per heavy atom. The molecule has 0 rings (SSSR count). The molecule has 0 radical (unpaired) electrons. The first-order valence-electron chi connectivity index (χ1n) is 4.41. The van der Waals surface area contributed by atoms with Crippen LogP contribution in [-0.4, -0.2) is 31.3 Å². The number of rotatable bonds is 4. The highest BCUT2D eigenvalue weighted by Crippen LogP contribution is 2.31. The van der Waals surface area contributed by atoms with Gasteiger partial charge < -0.3 is 4.74 Å². The van der Waals surface area contributed by atoms with Crippen LogP contribution in [0.25, 0.3) is 0 Å². The van der Waals surface area contributed by atoms with Crippen LogP contribution in [-0.2, 0) is 19.6 Å². The van der Waals surface area contributed by atoms with Gasteiger partial charge in [0.05, 0.1) is 7.11 Å². The van der Waals surface area contributed by atoms with E-state index in [-0.39, 0.29) is 0 Å². The monoisotopic (exact) mass is 314 g/mol. The zero-order chi connectivity index (χ0) is 13.1. The predicted octanol–water partition coefficient (Wildman–Crippen LogP) is 1.74. The van der Waals surface area contributed by atoms with Crippen molar-refractivity contribution in [3.8, 4) is 0 Å². The van der Waals surface area contributed by atoms with Gasteiger partial charge >= 0.3 is 5.97 Å². The van der Waals surface area contributed by atoms with Gasteiger partial charge in [0.15, 0.2) is 5.25 Å². The van der Waals surface area contributed by atoms with Gasteiger partial charge in [0.1, 0.15) is 0 Å². The molecule has 0 heterocycles. The number of allylic oxidation sites excluding steroid dienone is 2. The summed E-state index contributed by atoms with van der Waals surface area (Å²) in [6, 6.07) is 0. The molecule has 1 unspecified atom stereocenters. The van der Waals surface area contributed by atoms with Crippen molar-refractivity contribution in [2.75, 3.05) is 7.11 Å². The lowest BCUT2D eigenvalue weighted by atomic mass is 9.88. The second-order valence-corrected chi connectivity index (χ2v) is 6.72. The number of esters is 1. The molecule has 0 spiro atoms. The number of carbonyl (C=O) groups excluding carboxylic acids is 1. The molecule has 94 valence electrons. The van der Waals surface area contributed by atoms with Crippen molar-refractivity contribution < 1.29 is 22.5 Å². The molecule has 0 saturated carbocycles. The average Bonchev–Trinajstić information content (AvgIpc) is 1.97. The number of hydrogen-bond donors (Lipinski definition) is 1. The van der Waals surface area contributed by atoms with E-state index >= 15 is 0 Å². The minimum atomic E-state index is -4.52. The molecule has 5 nitrogen and oxygen atoms in total. The van der Waals surface area contributed by atoms with Crippen molar-refractivity contribution in [3.05, 3.63) is 10.6 Å². The predicted molar refractivity (Wildman–Crippen MR) is 63.8 cm³/mol. The summed E-state index contributed by atoms with van der Waals surface area (Å²) in [5, 5.41) is -1.64. The van der Waals surface area contributed by atoms with Crippen LogP contribution < -0.4 is 0 Å². The Kier molecular flexibility index (Phi) is 5.15. The van der Waals surface area contributed by atoms with Crippen molar-refractivity contribution in [1.82, 2.24) is 0 Å². The molecule has 0 aliphatic rings. The first-order valence-corrected chi connectivity index (χ1v) is 6.71. The molecule has 1 N–H and O–H groups in total. The third-order valence-electron chi connectivity index (χ3n) is 1.96. The van der Waals surface area contributed by atoms with Crippen LogP contribution in [0.4, 0.5) is 0 Å². The summed E-state index contributed by atoms with van der Waals surface area (Å²) in [4.78, 5) is 11.4. The van der Waals surface area contributed by atoms with E-state index in [0.29, 0.717) is 4.48 Å². The Morgan fingerprint density at radius 3 is 2.19 bits per heavy atom. The van der Waals surface area contributed by atoms with E-state index in [4.69, 9.17) is 4.55 Å². The van der Waals surface area contributed by atoms with Crippen LogP contribution in [0.1, 0.15) is 20.8 Å². The summed E-state index contributed by atoms with van der Waals surface area (Å²) in [5.74, 6) is -0.988. The van der Waals surface area contributed by atoms with E-state index in [9.17, 15) is 13.2 Å². The molecule has 7 heteroatoms. The third kappa shape index (κ3) is 4.23. The third-order valence-corrected chi connectivity index (χ3v) is 3.58. The first-order chi connectivity index (χ1) is 7.02. The van der Waals surface area contributed by atoms with Crippen LogP contribution in [0, 0.1) is 5.41 Å². The van der Waals surface area contributed by atoms with Gasteiger partial charge in [0, 0.05) is 5.41 Å². The molecule has 16 heavy (non-hydrogen) atoms. The van der Waals surface area contributed by atoms with Crippen LogP contribution in [0.3, 0.4) is 0 Å². The van der Waals surface area contributed by atoms with Crippen molar-refractivity contribution in [1.29, 1.82) is 0 Å². The Morgan fingerprint density at radius 2 is 1.94 bits per heavy atom. The van der Waals surface area contributed by atoms with Gasteiger partial charge in [0.2, 0.25) is 0 Å². The topological polar surface area (TPSA) is 80.7 Å². The van der Waals surface area contributed by atoms with Crippen molar-refractivity contribution >= 4 is 32.0 Å². The second kappa shape index (κ2) is 5.29. The minimum absolute atomic E-state index is 0.662. The second-order valence-electron chi connectivity index (χ2n) is 3.97. The lowest BCUT2D eigenvalue weighted by molar-refractivity contribution is -0.141. The highest BCUT2D eigenvalue weighted by Gasteiger charge is 2.44. The summed E-state index contributed by atoms with van der Waals surface area (Å²) < 4.78 is 36.4. The summed E-state index contributed by atoms with van der Waals surface area (Å²) in [7, 11) is -3.45. The van der Waals surface area contributed by atoms with Crippen LogP contribution in [0.5, 0.6) is 0 Å². The lowest BCUT2D eigenvalue weighted by Crippen LogP contribution is -2.42. The maximum Gasteiger partial charge on any atom is 0.327 e. The number of methoxy groups -OCH3 is 1. The maximum absolute atomic E-state index is 11.4. The van der Waals surface area contributed by atoms with Crippen molar-refractivity contribution in [2.45, 2.75) is 26.0 Å². The minimum Gasteiger partial charge on any atom is -0.468 e. The molecule has 0 aliphatic heterocycles. The van der Waals surface area contributed by atoms with E-state index in [2.05, 4.69) is 20.7 Å². The fourth-order valence-corrected chi connectivity index (χ4v) is 3.27. The van der Waals surface area contributed by atoms with Crippen LogP contribution in [0.15, 0.2) is 10.6 Å². The van der Waals surface area contributed by atoms with Crippen molar-refractivity contribution in [2.24, 2.45) is 5.41 Å². The van der Waals surface area contributed by atoms with Gasteiger partial charge in [-0.1, -0.05) is 35.9 Å². The van der Waals surface area contributed by atoms with E-state index in [1.54, 1.807) is 6.92 Å². The summed E-state index contributed by atoms with van der Waals surface area (Å²) >= 11 is 3.15. The van der Waals surface area contributed by atoms with E-state index < -0.39 is 26.8 Å². The largest absolute Gasteiger partial charge is 0.468 e. The lowest BCUT2D eigenvalue weighted by Gasteiger charge is -2.27. The van der Waals surface area contributed by atoms with Crippen LogP contribution in [0.2, 0.25) is 0 Å². The molecule has 0 bridgehead atoms. The summed E-state index contributed by atoms with van der Waals surface area (Å²) in [6.07, 6.45) is 1.53. The van der Waals surface area contributed by atoms with Gasteiger partial charge in [-0.3, -0.25) is 9.35 Å². The van der Waals surface area contributed by atoms with Crippen molar-refractivity contribution in [3.63, 3.8) is 0 Å². The van der Waals surface area contributed by atoms with Gasteiger partial charge in [-0.25, -0.2) is 0 Å².